The molecule has 1 aliphatic rings. The lowest BCUT2D eigenvalue weighted by Gasteiger charge is -2.13. The van der Waals surface area contributed by atoms with Crippen LogP contribution in [-0.4, -0.2) is 31.0 Å². The van der Waals surface area contributed by atoms with E-state index < -0.39 is 5.91 Å². The Kier molecular flexibility index (Phi) is 6.84. The van der Waals surface area contributed by atoms with Crippen LogP contribution in [0, 0.1) is 0 Å². The lowest BCUT2D eigenvalue weighted by molar-refractivity contribution is -0.115. The summed E-state index contributed by atoms with van der Waals surface area (Å²) in [5.74, 6) is 1.31. The number of carbonyl (C=O) groups is 2. The number of rotatable bonds is 8. The van der Waals surface area contributed by atoms with Crippen molar-refractivity contribution in [2.24, 2.45) is 0 Å². The molecule has 1 aliphatic heterocycles. The maximum atomic E-state index is 11.7. The quantitative estimate of drug-likeness (QED) is 0.501. The monoisotopic (exact) mass is 419 g/mol. The first-order chi connectivity index (χ1) is 13.6. The van der Waals surface area contributed by atoms with Gasteiger partial charge >= 0.3 is 0 Å². The Morgan fingerprint density at radius 1 is 1.00 bits per heavy atom. The highest BCUT2D eigenvalue weighted by Crippen LogP contribution is 2.32. The third-order valence-electron chi connectivity index (χ3n) is 3.64. The molecular formula is C20H18ClNO5S. The molecule has 1 fully saturated rings. The summed E-state index contributed by atoms with van der Waals surface area (Å²) in [5, 5.41) is 2.40. The van der Waals surface area contributed by atoms with E-state index in [-0.39, 0.29) is 5.24 Å². The van der Waals surface area contributed by atoms with E-state index in [9.17, 15) is 9.59 Å². The number of amides is 2. The highest BCUT2D eigenvalue weighted by atomic mass is 35.5. The Bertz CT molecular complexity index is 915. The molecule has 0 aromatic heterocycles. The molecule has 0 aliphatic carbocycles. The van der Waals surface area contributed by atoms with Crippen molar-refractivity contribution < 1.29 is 23.8 Å². The van der Waals surface area contributed by atoms with Gasteiger partial charge in [0, 0.05) is 0 Å². The zero-order valence-electron chi connectivity index (χ0n) is 15.1. The van der Waals surface area contributed by atoms with Gasteiger partial charge in [0.2, 0.25) is 0 Å². The molecule has 0 bridgehead atoms. The van der Waals surface area contributed by atoms with Crippen molar-refractivity contribution in [3.05, 3.63) is 58.0 Å². The molecule has 1 saturated heterocycles. The van der Waals surface area contributed by atoms with E-state index in [4.69, 9.17) is 25.8 Å². The topological polar surface area (TPSA) is 73.9 Å². The highest BCUT2D eigenvalue weighted by molar-refractivity contribution is 8.18. The molecule has 0 atom stereocenters. The van der Waals surface area contributed by atoms with Crippen LogP contribution in [0.2, 0.25) is 5.02 Å². The zero-order valence-corrected chi connectivity index (χ0v) is 16.6. The van der Waals surface area contributed by atoms with E-state index in [1.807, 2.05) is 19.1 Å². The second-order valence-electron chi connectivity index (χ2n) is 5.62. The Labute approximate surface area is 171 Å². The number of hydrogen-bond acceptors (Lipinski definition) is 6. The first-order valence-corrected chi connectivity index (χ1v) is 9.78. The second-order valence-corrected chi connectivity index (χ2v) is 7.04. The molecule has 2 aromatic rings. The van der Waals surface area contributed by atoms with Crippen molar-refractivity contribution in [2.45, 2.75) is 6.92 Å². The standard InChI is InChI=1S/C20H18ClNO5S/c1-2-25-17-11-13(12-18-19(23)22-20(24)28-18)7-8-16(17)27-10-9-26-15-6-4-3-5-14(15)21/h3-8,11-12H,2,9-10H2,1H3,(H,22,23,24)/b18-12+. The van der Waals surface area contributed by atoms with Crippen LogP contribution in [0.1, 0.15) is 12.5 Å². The van der Waals surface area contributed by atoms with Gasteiger partial charge in [-0.05, 0) is 54.6 Å². The summed E-state index contributed by atoms with van der Waals surface area (Å²) in [6, 6.07) is 12.5. The van der Waals surface area contributed by atoms with Crippen LogP contribution in [0.3, 0.4) is 0 Å². The molecule has 146 valence electrons. The number of hydrogen-bond donors (Lipinski definition) is 1. The van der Waals surface area contributed by atoms with Gasteiger partial charge < -0.3 is 14.2 Å². The summed E-state index contributed by atoms with van der Waals surface area (Å²) in [4.78, 5) is 23.3. The van der Waals surface area contributed by atoms with Crippen LogP contribution in [0.15, 0.2) is 47.4 Å². The van der Waals surface area contributed by atoms with E-state index in [2.05, 4.69) is 5.32 Å². The van der Waals surface area contributed by atoms with Crippen LogP contribution in [-0.2, 0) is 4.79 Å². The van der Waals surface area contributed by atoms with Gasteiger partial charge in [0.1, 0.15) is 19.0 Å². The normalized spacial score (nSPS) is 14.9. The van der Waals surface area contributed by atoms with Crippen molar-refractivity contribution in [1.82, 2.24) is 5.32 Å². The van der Waals surface area contributed by atoms with Crippen LogP contribution < -0.4 is 19.5 Å². The number of para-hydroxylation sites is 1. The van der Waals surface area contributed by atoms with Gasteiger partial charge in [0.05, 0.1) is 16.5 Å². The summed E-state index contributed by atoms with van der Waals surface area (Å²) >= 11 is 6.92. The van der Waals surface area contributed by atoms with Crippen molar-refractivity contribution in [2.75, 3.05) is 19.8 Å². The van der Waals surface area contributed by atoms with E-state index in [1.165, 1.54) is 0 Å². The van der Waals surface area contributed by atoms with Gasteiger partial charge in [0.25, 0.3) is 11.1 Å². The van der Waals surface area contributed by atoms with Crippen molar-refractivity contribution >= 4 is 40.6 Å². The van der Waals surface area contributed by atoms with Gasteiger partial charge in [-0.15, -0.1) is 0 Å². The zero-order chi connectivity index (χ0) is 19.9. The summed E-state index contributed by atoms with van der Waals surface area (Å²) < 4.78 is 17.0. The minimum absolute atomic E-state index is 0.304. The molecule has 0 unspecified atom stereocenters. The number of carbonyl (C=O) groups excluding carboxylic acids is 2. The van der Waals surface area contributed by atoms with E-state index >= 15 is 0 Å². The molecule has 2 aromatic carbocycles. The minimum Gasteiger partial charge on any atom is -0.490 e. The van der Waals surface area contributed by atoms with Crippen molar-refractivity contribution in [1.29, 1.82) is 0 Å². The van der Waals surface area contributed by atoms with Crippen LogP contribution >= 0.6 is 23.4 Å². The molecule has 0 saturated carbocycles. The van der Waals surface area contributed by atoms with Gasteiger partial charge in [-0.3, -0.25) is 14.9 Å². The smallest absolute Gasteiger partial charge is 0.290 e. The van der Waals surface area contributed by atoms with Gasteiger partial charge in [0.15, 0.2) is 11.5 Å². The second kappa shape index (κ2) is 9.52. The molecule has 0 radical (unpaired) electrons. The predicted molar refractivity (Wildman–Crippen MR) is 109 cm³/mol. The molecule has 0 spiro atoms. The number of thioether (sulfide) groups is 1. The number of benzene rings is 2. The average molecular weight is 420 g/mol. The minimum atomic E-state index is -0.398. The Morgan fingerprint density at radius 3 is 2.43 bits per heavy atom. The first kappa shape index (κ1) is 20.1. The third kappa shape index (κ3) is 5.21. The summed E-state index contributed by atoms with van der Waals surface area (Å²) in [6.45, 7) is 2.95. The predicted octanol–water partition coefficient (Wildman–Crippen LogP) is 4.52. The SMILES string of the molecule is CCOc1cc(/C=C2/SC(=O)NC2=O)ccc1OCCOc1ccccc1Cl. The van der Waals surface area contributed by atoms with E-state index in [0.29, 0.717) is 47.0 Å². The van der Waals surface area contributed by atoms with E-state index in [0.717, 1.165) is 17.3 Å². The Hall–Kier alpha value is -2.64. The van der Waals surface area contributed by atoms with Crippen LogP contribution in [0.4, 0.5) is 4.79 Å². The number of ether oxygens (including phenoxy) is 3. The van der Waals surface area contributed by atoms with Crippen molar-refractivity contribution in [3.8, 4) is 17.2 Å². The molecule has 28 heavy (non-hydrogen) atoms. The summed E-state index contributed by atoms with van der Waals surface area (Å²) in [6.07, 6.45) is 1.64. The molecular weight excluding hydrogens is 402 g/mol. The lowest BCUT2D eigenvalue weighted by Crippen LogP contribution is -2.17. The van der Waals surface area contributed by atoms with Crippen LogP contribution in [0.5, 0.6) is 17.2 Å². The fourth-order valence-electron chi connectivity index (χ4n) is 2.44. The summed E-state index contributed by atoms with van der Waals surface area (Å²) in [5.41, 5.74) is 0.732. The van der Waals surface area contributed by atoms with Gasteiger partial charge in [-0.2, -0.15) is 0 Å². The molecule has 1 N–H and O–H groups in total. The number of halogens is 1. The average Bonchev–Trinajstić information content (AvgIpc) is 2.99. The van der Waals surface area contributed by atoms with Crippen LogP contribution in [0.25, 0.3) is 6.08 Å². The Balaban J connectivity index is 1.64. The fourth-order valence-corrected chi connectivity index (χ4v) is 3.31. The van der Waals surface area contributed by atoms with Gasteiger partial charge in [-0.1, -0.05) is 29.8 Å². The maximum absolute atomic E-state index is 11.7. The maximum Gasteiger partial charge on any atom is 0.290 e. The number of imide groups is 1. The number of nitrogens with one attached hydrogen (secondary N) is 1. The molecule has 3 rings (SSSR count). The molecule has 2 amide bonds. The van der Waals surface area contributed by atoms with Gasteiger partial charge in [-0.25, -0.2) is 0 Å². The summed E-state index contributed by atoms with van der Waals surface area (Å²) in [7, 11) is 0. The first-order valence-electron chi connectivity index (χ1n) is 8.58. The molecule has 6 nitrogen and oxygen atoms in total. The molecule has 1 heterocycles. The largest absolute Gasteiger partial charge is 0.490 e. The Morgan fingerprint density at radius 2 is 1.75 bits per heavy atom. The molecule has 8 heteroatoms. The third-order valence-corrected chi connectivity index (χ3v) is 4.77. The lowest BCUT2D eigenvalue weighted by atomic mass is 10.2. The van der Waals surface area contributed by atoms with E-state index in [1.54, 1.807) is 36.4 Å². The van der Waals surface area contributed by atoms with Crippen molar-refractivity contribution in [3.63, 3.8) is 0 Å². The fraction of sp³-hybridized carbons (Fsp3) is 0.200. The highest BCUT2D eigenvalue weighted by Gasteiger charge is 2.25.